The fourth-order valence-corrected chi connectivity index (χ4v) is 1.66. The van der Waals surface area contributed by atoms with E-state index in [4.69, 9.17) is 0 Å². The summed E-state index contributed by atoms with van der Waals surface area (Å²) in [5.41, 5.74) is 0. The van der Waals surface area contributed by atoms with Crippen LogP contribution in [0.5, 0.6) is 0 Å². The first-order chi connectivity index (χ1) is 7.22. The van der Waals surface area contributed by atoms with Gasteiger partial charge in [-0.15, -0.1) is 0 Å². The highest BCUT2D eigenvalue weighted by atomic mass is 16.2. The van der Waals surface area contributed by atoms with E-state index in [2.05, 4.69) is 27.5 Å². The largest absolute Gasteiger partial charge is 0.341 e. The van der Waals surface area contributed by atoms with Crippen LogP contribution in [0.15, 0.2) is 0 Å². The fraction of sp³-hybridized carbons (Fsp3) is 0.900. The second kappa shape index (κ2) is 6.63. The van der Waals surface area contributed by atoms with Gasteiger partial charge in [-0.1, -0.05) is 0 Å². The van der Waals surface area contributed by atoms with Crippen LogP contribution in [-0.2, 0) is 0 Å². The van der Waals surface area contributed by atoms with Crippen LogP contribution in [0, 0.1) is 0 Å². The average Bonchev–Trinajstić information content (AvgIpc) is 2.26. The smallest absolute Gasteiger partial charge is 0.314 e. The number of piperazine rings is 1. The molecule has 0 radical (unpaired) electrons. The molecule has 0 saturated carbocycles. The minimum absolute atomic E-state index is 0.0895. The first-order valence-electron chi connectivity index (χ1n) is 5.59. The highest BCUT2D eigenvalue weighted by Gasteiger charge is 2.12. The van der Waals surface area contributed by atoms with Gasteiger partial charge in [-0.05, 0) is 20.0 Å². The molecular weight excluding hydrogens is 192 g/mol. The summed E-state index contributed by atoms with van der Waals surface area (Å²) in [6.45, 7) is 6.45. The molecule has 1 saturated heterocycles. The van der Waals surface area contributed by atoms with Gasteiger partial charge in [-0.3, -0.25) is 0 Å². The monoisotopic (exact) mass is 214 g/mol. The third-order valence-electron chi connectivity index (χ3n) is 2.76. The van der Waals surface area contributed by atoms with E-state index in [-0.39, 0.29) is 6.03 Å². The third-order valence-corrected chi connectivity index (χ3v) is 2.76. The Morgan fingerprint density at radius 1 is 1.27 bits per heavy atom. The summed E-state index contributed by atoms with van der Waals surface area (Å²) in [4.78, 5) is 15.7. The summed E-state index contributed by atoms with van der Waals surface area (Å²) in [5.74, 6) is 0. The van der Waals surface area contributed by atoms with Crippen LogP contribution in [0.3, 0.4) is 0 Å². The Hall–Kier alpha value is -0.810. The molecule has 0 aliphatic carbocycles. The first kappa shape index (κ1) is 12.3. The fourth-order valence-electron chi connectivity index (χ4n) is 1.66. The molecule has 1 rings (SSSR count). The zero-order valence-corrected chi connectivity index (χ0v) is 9.75. The van der Waals surface area contributed by atoms with Crippen LogP contribution in [0.25, 0.3) is 0 Å². The number of likely N-dealkylation sites (N-methyl/N-ethyl adjacent to an activating group) is 1. The molecule has 0 aromatic heterocycles. The number of carbonyl (C=O) groups is 1. The van der Waals surface area contributed by atoms with Gasteiger partial charge in [-0.2, -0.15) is 0 Å². The highest BCUT2D eigenvalue weighted by Crippen LogP contribution is 1.99. The molecule has 1 aliphatic rings. The van der Waals surface area contributed by atoms with Crippen molar-refractivity contribution in [3.05, 3.63) is 0 Å². The molecule has 15 heavy (non-hydrogen) atoms. The van der Waals surface area contributed by atoms with Crippen LogP contribution in [0.1, 0.15) is 6.42 Å². The molecule has 1 aliphatic heterocycles. The second-order valence-corrected chi connectivity index (χ2v) is 4.00. The molecule has 5 nitrogen and oxygen atoms in total. The number of carbonyl (C=O) groups excluding carboxylic acids is 1. The van der Waals surface area contributed by atoms with Crippen molar-refractivity contribution >= 4 is 6.03 Å². The van der Waals surface area contributed by atoms with Gasteiger partial charge in [0.15, 0.2) is 0 Å². The lowest BCUT2D eigenvalue weighted by molar-refractivity contribution is 0.153. The number of rotatable bonds is 4. The van der Waals surface area contributed by atoms with E-state index in [9.17, 15) is 4.79 Å². The number of amides is 2. The topological polar surface area (TPSA) is 47.6 Å². The standard InChI is InChI=1S/C10H22N4O/c1-11-10(15)12-4-3-5-14-8-6-13(2)7-9-14/h3-9H2,1-2H3,(H2,11,12,15). The van der Waals surface area contributed by atoms with Gasteiger partial charge in [0.2, 0.25) is 0 Å². The van der Waals surface area contributed by atoms with E-state index in [1.165, 1.54) is 0 Å². The first-order valence-corrected chi connectivity index (χ1v) is 5.59. The molecule has 0 spiro atoms. The quantitative estimate of drug-likeness (QED) is 0.623. The number of hydrogen-bond acceptors (Lipinski definition) is 3. The lowest BCUT2D eigenvalue weighted by atomic mass is 10.3. The van der Waals surface area contributed by atoms with E-state index in [0.29, 0.717) is 0 Å². The average molecular weight is 214 g/mol. The van der Waals surface area contributed by atoms with Crippen LogP contribution in [-0.4, -0.2) is 69.2 Å². The van der Waals surface area contributed by atoms with Gasteiger partial charge in [0, 0.05) is 39.8 Å². The Balaban J connectivity index is 1.98. The van der Waals surface area contributed by atoms with E-state index >= 15 is 0 Å². The molecule has 1 heterocycles. The van der Waals surface area contributed by atoms with E-state index in [1.54, 1.807) is 7.05 Å². The molecule has 0 aromatic carbocycles. The lowest BCUT2D eigenvalue weighted by Crippen LogP contribution is -2.45. The van der Waals surface area contributed by atoms with Crippen molar-refractivity contribution in [1.82, 2.24) is 20.4 Å². The van der Waals surface area contributed by atoms with Gasteiger partial charge < -0.3 is 20.4 Å². The molecule has 1 fully saturated rings. The number of urea groups is 1. The van der Waals surface area contributed by atoms with Crippen molar-refractivity contribution in [2.24, 2.45) is 0 Å². The van der Waals surface area contributed by atoms with Crippen molar-refractivity contribution in [2.45, 2.75) is 6.42 Å². The van der Waals surface area contributed by atoms with Crippen LogP contribution >= 0.6 is 0 Å². The third kappa shape index (κ3) is 4.99. The maximum atomic E-state index is 10.9. The van der Waals surface area contributed by atoms with Crippen molar-refractivity contribution < 1.29 is 4.79 Å². The van der Waals surface area contributed by atoms with Crippen molar-refractivity contribution in [2.75, 3.05) is 53.4 Å². The zero-order chi connectivity index (χ0) is 11.1. The number of nitrogens with one attached hydrogen (secondary N) is 2. The summed E-state index contributed by atoms with van der Waals surface area (Å²) in [7, 11) is 3.79. The Bertz CT molecular complexity index is 190. The summed E-state index contributed by atoms with van der Waals surface area (Å²) >= 11 is 0. The molecule has 88 valence electrons. The van der Waals surface area contributed by atoms with Gasteiger partial charge in [0.25, 0.3) is 0 Å². The Morgan fingerprint density at radius 3 is 2.53 bits per heavy atom. The lowest BCUT2D eigenvalue weighted by Gasteiger charge is -2.32. The van der Waals surface area contributed by atoms with Crippen LogP contribution in [0.2, 0.25) is 0 Å². The Kier molecular flexibility index (Phi) is 5.42. The van der Waals surface area contributed by atoms with Crippen molar-refractivity contribution in [3.63, 3.8) is 0 Å². The minimum Gasteiger partial charge on any atom is -0.341 e. The number of hydrogen-bond donors (Lipinski definition) is 2. The predicted octanol–water partition coefficient (Wildman–Crippen LogP) is -0.447. The molecule has 0 unspecified atom stereocenters. The van der Waals surface area contributed by atoms with E-state index in [1.807, 2.05) is 0 Å². The second-order valence-electron chi connectivity index (χ2n) is 4.00. The van der Waals surface area contributed by atoms with Gasteiger partial charge >= 0.3 is 6.03 Å². The highest BCUT2D eigenvalue weighted by molar-refractivity contribution is 5.73. The number of nitrogens with zero attached hydrogens (tertiary/aromatic N) is 2. The van der Waals surface area contributed by atoms with Crippen molar-refractivity contribution in [3.8, 4) is 0 Å². The van der Waals surface area contributed by atoms with Gasteiger partial charge in [0.1, 0.15) is 0 Å². The molecular formula is C10H22N4O. The molecule has 5 heteroatoms. The summed E-state index contributed by atoms with van der Waals surface area (Å²) in [6, 6.07) is -0.0895. The van der Waals surface area contributed by atoms with Crippen LogP contribution < -0.4 is 10.6 Å². The summed E-state index contributed by atoms with van der Waals surface area (Å²) in [5, 5.41) is 5.33. The summed E-state index contributed by atoms with van der Waals surface area (Å²) in [6.07, 6.45) is 1.02. The van der Waals surface area contributed by atoms with Crippen molar-refractivity contribution in [1.29, 1.82) is 0 Å². The molecule has 0 bridgehead atoms. The molecule has 2 amide bonds. The molecule has 0 aromatic rings. The minimum atomic E-state index is -0.0895. The van der Waals surface area contributed by atoms with Gasteiger partial charge in [-0.25, -0.2) is 4.79 Å². The molecule has 2 N–H and O–H groups in total. The zero-order valence-electron chi connectivity index (χ0n) is 9.75. The van der Waals surface area contributed by atoms with Crippen LogP contribution in [0.4, 0.5) is 4.79 Å². The molecule has 0 atom stereocenters. The summed E-state index contributed by atoms with van der Waals surface area (Å²) < 4.78 is 0. The Labute approximate surface area is 91.8 Å². The predicted molar refractivity (Wildman–Crippen MR) is 61.0 cm³/mol. The van der Waals surface area contributed by atoms with Gasteiger partial charge in [0.05, 0.1) is 0 Å². The maximum absolute atomic E-state index is 10.9. The SMILES string of the molecule is CNC(=O)NCCCN1CCN(C)CC1. The van der Waals surface area contributed by atoms with E-state index in [0.717, 1.165) is 45.7 Å². The van der Waals surface area contributed by atoms with E-state index < -0.39 is 0 Å². The Morgan fingerprint density at radius 2 is 1.93 bits per heavy atom. The maximum Gasteiger partial charge on any atom is 0.314 e. The normalized spacial score (nSPS) is 18.8.